The molecule has 0 aliphatic heterocycles. The van der Waals surface area contributed by atoms with Gasteiger partial charge in [0.05, 0.1) is 0 Å². The molecular formula is C13H14N2O2S. The lowest BCUT2D eigenvalue weighted by atomic mass is 10.1. The minimum atomic E-state index is -3.52. The molecule has 0 amide bonds. The van der Waals surface area contributed by atoms with Crippen LogP contribution in [0.1, 0.15) is 18.5 Å². The van der Waals surface area contributed by atoms with Crippen LogP contribution < -0.4 is 4.72 Å². The Hall–Kier alpha value is -1.72. The van der Waals surface area contributed by atoms with Crippen molar-refractivity contribution in [2.75, 3.05) is 0 Å². The molecule has 0 bridgehead atoms. The summed E-state index contributed by atoms with van der Waals surface area (Å²) < 4.78 is 26.8. The number of nitrogens with one attached hydrogen (secondary N) is 1. The second-order valence-electron chi connectivity index (χ2n) is 3.94. The zero-order valence-electron chi connectivity index (χ0n) is 9.95. The SMILES string of the molecule is CC(NS(=O)(=O)c1cccnc1)c1ccccc1. The van der Waals surface area contributed by atoms with Gasteiger partial charge in [0.15, 0.2) is 0 Å². The third-order valence-corrected chi connectivity index (χ3v) is 4.10. The fourth-order valence-corrected chi connectivity index (χ4v) is 2.81. The molecule has 1 aromatic heterocycles. The second kappa shape index (κ2) is 5.29. The van der Waals surface area contributed by atoms with Crippen LogP contribution in [-0.4, -0.2) is 13.4 Å². The van der Waals surface area contributed by atoms with Gasteiger partial charge in [-0.25, -0.2) is 13.1 Å². The van der Waals surface area contributed by atoms with Crippen molar-refractivity contribution in [3.8, 4) is 0 Å². The Morgan fingerprint density at radius 3 is 2.44 bits per heavy atom. The van der Waals surface area contributed by atoms with Gasteiger partial charge in [-0.2, -0.15) is 0 Å². The van der Waals surface area contributed by atoms with Crippen molar-refractivity contribution in [1.82, 2.24) is 9.71 Å². The summed E-state index contributed by atoms with van der Waals surface area (Å²) in [6.07, 6.45) is 2.87. The second-order valence-corrected chi connectivity index (χ2v) is 5.66. The van der Waals surface area contributed by atoms with Gasteiger partial charge in [-0.05, 0) is 24.6 Å². The van der Waals surface area contributed by atoms with E-state index in [2.05, 4.69) is 9.71 Å². The molecule has 0 aliphatic carbocycles. The van der Waals surface area contributed by atoms with Crippen molar-refractivity contribution in [3.63, 3.8) is 0 Å². The standard InChI is InChI=1S/C13H14N2O2S/c1-11(12-6-3-2-4-7-12)15-18(16,17)13-8-5-9-14-10-13/h2-11,15H,1H3. The zero-order chi connectivity index (χ0) is 13.0. The van der Waals surface area contributed by atoms with E-state index in [-0.39, 0.29) is 10.9 Å². The molecule has 1 heterocycles. The molecule has 0 aliphatic rings. The summed E-state index contributed by atoms with van der Waals surface area (Å²) in [6, 6.07) is 12.3. The summed E-state index contributed by atoms with van der Waals surface area (Å²) in [5, 5.41) is 0. The number of nitrogens with zero attached hydrogens (tertiary/aromatic N) is 1. The zero-order valence-corrected chi connectivity index (χ0v) is 10.8. The van der Waals surface area contributed by atoms with Crippen LogP contribution in [0.5, 0.6) is 0 Å². The highest BCUT2D eigenvalue weighted by Crippen LogP contribution is 2.15. The summed E-state index contributed by atoms with van der Waals surface area (Å²) in [5.41, 5.74) is 0.921. The summed E-state index contributed by atoms with van der Waals surface area (Å²) in [5.74, 6) is 0. The fraction of sp³-hybridized carbons (Fsp3) is 0.154. The third kappa shape index (κ3) is 2.94. The van der Waals surface area contributed by atoms with Gasteiger partial charge in [0, 0.05) is 18.4 Å². The van der Waals surface area contributed by atoms with Gasteiger partial charge < -0.3 is 0 Å². The number of aromatic nitrogens is 1. The van der Waals surface area contributed by atoms with Crippen LogP contribution in [0.15, 0.2) is 59.8 Å². The molecule has 0 saturated heterocycles. The maximum atomic E-state index is 12.1. The van der Waals surface area contributed by atoms with E-state index in [0.717, 1.165) is 5.56 Å². The topological polar surface area (TPSA) is 59.1 Å². The fourth-order valence-electron chi connectivity index (χ4n) is 1.62. The maximum Gasteiger partial charge on any atom is 0.242 e. The van der Waals surface area contributed by atoms with E-state index in [0.29, 0.717) is 0 Å². The maximum absolute atomic E-state index is 12.1. The number of rotatable bonds is 4. The van der Waals surface area contributed by atoms with Crippen molar-refractivity contribution < 1.29 is 8.42 Å². The number of hydrogen-bond acceptors (Lipinski definition) is 3. The number of pyridine rings is 1. The van der Waals surface area contributed by atoms with Crippen LogP contribution in [0.3, 0.4) is 0 Å². The van der Waals surface area contributed by atoms with E-state index in [1.165, 1.54) is 12.3 Å². The Morgan fingerprint density at radius 2 is 1.83 bits per heavy atom. The first kappa shape index (κ1) is 12.7. The van der Waals surface area contributed by atoms with Crippen LogP contribution in [-0.2, 0) is 10.0 Å². The largest absolute Gasteiger partial charge is 0.263 e. The molecule has 0 radical (unpaired) electrons. The van der Waals surface area contributed by atoms with E-state index in [9.17, 15) is 8.42 Å². The molecule has 4 nitrogen and oxygen atoms in total. The molecule has 2 rings (SSSR count). The molecule has 1 unspecified atom stereocenters. The lowest BCUT2D eigenvalue weighted by molar-refractivity contribution is 0.566. The van der Waals surface area contributed by atoms with E-state index in [1.54, 1.807) is 12.3 Å². The Bertz CT molecular complexity index is 597. The predicted octanol–water partition coefficient (Wildman–Crippen LogP) is 2.12. The lowest BCUT2D eigenvalue weighted by Crippen LogP contribution is -2.26. The molecule has 18 heavy (non-hydrogen) atoms. The highest BCUT2D eigenvalue weighted by Gasteiger charge is 2.17. The van der Waals surface area contributed by atoms with Crippen molar-refractivity contribution in [1.29, 1.82) is 0 Å². The molecule has 2 aromatic rings. The minimum Gasteiger partial charge on any atom is -0.263 e. The van der Waals surface area contributed by atoms with Crippen LogP contribution in [0.4, 0.5) is 0 Å². The van der Waals surface area contributed by atoms with Gasteiger partial charge in [0.2, 0.25) is 10.0 Å². The first-order valence-corrected chi connectivity index (χ1v) is 7.05. The molecule has 5 heteroatoms. The van der Waals surface area contributed by atoms with Crippen molar-refractivity contribution in [2.24, 2.45) is 0 Å². The summed E-state index contributed by atoms with van der Waals surface area (Å²) in [6.45, 7) is 1.81. The highest BCUT2D eigenvalue weighted by atomic mass is 32.2. The Kier molecular flexibility index (Phi) is 3.74. The number of benzene rings is 1. The van der Waals surface area contributed by atoms with Crippen molar-refractivity contribution in [3.05, 3.63) is 60.4 Å². The summed E-state index contributed by atoms with van der Waals surface area (Å²) in [4.78, 5) is 3.99. The lowest BCUT2D eigenvalue weighted by Gasteiger charge is -2.14. The average Bonchev–Trinajstić information content (AvgIpc) is 2.40. The average molecular weight is 262 g/mol. The Labute approximate surface area is 107 Å². The monoisotopic (exact) mass is 262 g/mol. The van der Waals surface area contributed by atoms with E-state index in [1.807, 2.05) is 37.3 Å². The van der Waals surface area contributed by atoms with E-state index < -0.39 is 10.0 Å². The number of hydrogen-bond donors (Lipinski definition) is 1. The molecule has 0 fully saturated rings. The first-order valence-electron chi connectivity index (χ1n) is 5.57. The third-order valence-electron chi connectivity index (χ3n) is 2.58. The van der Waals surface area contributed by atoms with Gasteiger partial charge in [-0.1, -0.05) is 30.3 Å². The Balaban J connectivity index is 2.20. The molecule has 1 N–H and O–H groups in total. The van der Waals surface area contributed by atoms with Crippen molar-refractivity contribution in [2.45, 2.75) is 17.9 Å². The summed E-state index contributed by atoms with van der Waals surface area (Å²) >= 11 is 0. The van der Waals surface area contributed by atoms with Gasteiger partial charge in [0.25, 0.3) is 0 Å². The summed E-state index contributed by atoms with van der Waals surface area (Å²) in [7, 11) is -3.52. The van der Waals surface area contributed by atoms with E-state index >= 15 is 0 Å². The minimum absolute atomic E-state index is 0.174. The number of sulfonamides is 1. The van der Waals surface area contributed by atoms with Gasteiger partial charge in [-0.15, -0.1) is 0 Å². The van der Waals surface area contributed by atoms with Gasteiger partial charge in [-0.3, -0.25) is 4.98 Å². The highest BCUT2D eigenvalue weighted by molar-refractivity contribution is 7.89. The van der Waals surface area contributed by atoms with Crippen LogP contribution in [0, 0.1) is 0 Å². The van der Waals surface area contributed by atoms with Crippen LogP contribution >= 0.6 is 0 Å². The normalized spacial score (nSPS) is 13.2. The molecule has 1 atom stereocenters. The molecule has 0 saturated carbocycles. The first-order chi connectivity index (χ1) is 8.59. The predicted molar refractivity (Wildman–Crippen MR) is 69.4 cm³/mol. The van der Waals surface area contributed by atoms with Gasteiger partial charge in [0.1, 0.15) is 4.90 Å². The van der Waals surface area contributed by atoms with E-state index in [4.69, 9.17) is 0 Å². The molecule has 1 aromatic carbocycles. The molecule has 0 spiro atoms. The Morgan fingerprint density at radius 1 is 1.11 bits per heavy atom. The smallest absolute Gasteiger partial charge is 0.242 e. The molecule has 94 valence electrons. The van der Waals surface area contributed by atoms with Crippen molar-refractivity contribution >= 4 is 10.0 Å². The van der Waals surface area contributed by atoms with Crippen LogP contribution in [0.25, 0.3) is 0 Å². The quantitative estimate of drug-likeness (QED) is 0.918. The van der Waals surface area contributed by atoms with Gasteiger partial charge >= 0.3 is 0 Å². The van der Waals surface area contributed by atoms with Crippen LogP contribution in [0.2, 0.25) is 0 Å². The molecular weight excluding hydrogens is 248 g/mol.